The van der Waals surface area contributed by atoms with Crippen LogP contribution in [0.2, 0.25) is 0 Å². The van der Waals surface area contributed by atoms with Gasteiger partial charge in [0, 0.05) is 13.0 Å². The Balaban J connectivity index is 4.27. The molecule has 0 aromatic heterocycles. The molecule has 0 aliphatic rings. The smallest absolute Gasteiger partial charge is 0.303 e. The summed E-state index contributed by atoms with van der Waals surface area (Å²) in [7, 11) is 0. The van der Waals surface area contributed by atoms with Crippen molar-refractivity contribution >= 4 is 11.9 Å². The van der Waals surface area contributed by atoms with Crippen LogP contribution in [0.3, 0.4) is 0 Å². The fourth-order valence-electron chi connectivity index (χ4n) is 2.10. The molecule has 0 aromatic rings. The summed E-state index contributed by atoms with van der Waals surface area (Å²) < 4.78 is 0. The van der Waals surface area contributed by atoms with Crippen molar-refractivity contribution in [2.24, 2.45) is 23.0 Å². The number of hydrogen-bond acceptors (Lipinski definition) is 3. The second-order valence-electron chi connectivity index (χ2n) is 6.84. The number of rotatable bonds is 8. The van der Waals surface area contributed by atoms with Gasteiger partial charge in [0.15, 0.2) is 0 Å². The van der Waals surface area contributed by atoms with Crippen LogP contribution in [-0.2, 0) is 9.59 Å². The van der Waals surface area contributed by atoms with Crippen LogP contribution in [0.25, 0.3) is 0 Å². The second-order valence-corrected chi connectivity index (χ2v) is 6.84. The van der Waals surface area contributed by atoms with Crippen molar-refractivity contribution in [3.8, 4) is 0 Å². The molecule has 1 amide bonds. The fourth-order valence-corrected chi connectivity index (χ4v) is 2.10. The standard InChI is InChI=1S/C15H30N2O3/c1-10(2)13(16)14(20)17-9-8-11(15(3,4)5)6-7-12(18)19/h10-11,13H,6-9,16H2,1-5H3,(H,17,20)(H,18,19)/t11?,13-/m1/s1. The van der Waals surface area contributed by atoms with E-state index in [1.54, 1.807) is 0 Å². The van der Waals surface area contributed by atoms with Crippen LogP contribution in [0, 0.1) is 17.3 Å². The summed E-state index contributed by atoms with van der Waals surface area (Å²) in [4.78, 5) is 22.4. The number of nitrogens with one attached hydrogen (secondary N) is 1. The summed E-state index contributed by atoms with van der Waals surface area (Å²) in [5.41, 5.74) is 5.80. The highest BCUT2D eigenvalue weighted by atomic mass is 16.4. The molecule has 5 heteroatoms. The van der Waals surface area contributed by atoms with Crippen molar-refractivity contribution in [2.45, 2.75) is 59.9 Å². The quantitative estimate of drug-likeness (QED) is 0.636. The number of carboxylic acids is 1. The average Bonchev–Trinajstić information content (AvgIpc) is 2.29. The molecule has 0 aliphatic heterocycles. The first-order valence-corrected chi connectivity index (χ1v) is 7.30. The molecule has 2 atom stereocenters. The number of aliphatic carboxylic acids is 1. The molecule has 0 aromatic carbocycles. The van der Waals surface area contributed by atoms with Gasteiger partial charge in [-0.25, -0.2) is 0 Å². The Morgan fingerprint density at radius 1 is 1.20 bits per heavy atom. The molecular weight excluding hydrogens is 256 g/mol. The molecule has 0 aliphatic carbocycles. The van der Waals surface area contributed by atoms with Gasteiger partial charge < -0.3 is 16.2 Å². The van der Waals surface area contributed by atoms with E-state index < -0.39 is 12.0 Å². The van der Waals surface area contributed by atoms with E-state index in [0.717, 1.165) is 6.42 Å². The van der Waals surface area contributed by atoms with E-state index in [0.29, 0.717) is 13.0 Å². The number of nitrogens with two attached hydrogens (primary N) is 1. The predicted octanol–water partition coefficient (Wildman–Crippen LogP) is 2.00. The number of carbonyl (C=O) groups excluding carboxylic acids is 1. The predicted molar refractivity (Wildman–Crippen MR) is 80.3 cm³/mol. The Morgan fingerprint density at radius 3 is 2.15 bits per heavy atom. The van der Waals surface area contributed by atoms with Crippen molar-refractivity contribution in [2.75, 3.05) is 6.54 Å². The number of amides is 1. The van der Waals surface area contributed by atoms with Gasteiger partial charge in [-0.15, -0.1) is 0 Å². The summed E-state index contributed by atoms with van der Waals surface area (Å²) in [6, 6.07) is -0.484. The summed E-state index contributed by atoms with van der Waals surface area (Å²) in [5.74, 6) is -0.536. The molecule has 0 fully saturated rings. The zero-order chi connectivity index (χ0) is 15.9. The van der Waals surface area contributed by atoms with E-state index in [2.05, 4.69) is 26.1 Å². The van der Waals surface area contributed by atoms with Crippen LogP contribution in [0.1, 0.15) is 53.9 Å². The summed E-state index contributed by atoms with van der Waals surface area (Å²) in [5, 5.41) is 11.6. The molecule has 20 heavy (non-hydrogen) atoms. The largest absolute Gasteiger partial charge is 0.481 e. The lowest BCUT2D eigenvalue weighted by Gasteiger charge is -2.30. The van der Waals surface area contributed by atoms with E-state index in [-0.39, 0.29) is 29.6 Å². The first-order chi connectivity index (χ1) is 9.05. The van der Waals surface area contributed by atoms with E-state index in [1.165, 1.54) is 0 Å². The Morgan fingerprint density at radius 2 is 1.75 bits per heavy atom. The number of carboxylic acid groups (broad SMARTS) is 1. The number of hydrogen-bond donors (Lipinski definition) is 3. The Labute approximate surface area is 122 Å². The van der Waals surface area contributed by atoms with Gasteiger partial charge in [0.05, 0.1) is 6.04 Å². The van der Waals surface area contributed by atoms with Crippen molar-refractivity contribution < 1.29 is 14.7 Å². The lowest BCUT2D eigenvalue weighted by atomic mass is 9.76. The molecule has 0 saturated carbocycles. The van der Waals surface area contributed by atoms with E-state index in [1.807, 2.05) is 13.8 Å². The third kappa shape index (κ3) is 7.48. The summed E-state index contributed by atoms with van der Waals surface area (Å²) in [6.45, 7) is 10.7. The average molecular weight is 286 g/mol. The molecule has 0 heterocycles. The number of carbonyl (C=O) groups is 2. The molecule has 0 spiro atoms. The highest BCUT2D eigenvalue weighted by Gasteiger charge is 2.25. The van der Waals surface area contributed by atoms with Crippen molar-refractivity contribution in [3.05, 3.63) is 0 Å². The lowest BCUT2D eigenvalue weighted by Crippen LogP contribution is -2.44. The molecule has 1 unspecified atom stereocenters. The van der Waals surface area contributed by atoms with Crippen LogP contribution < -0.4 is 11.1 Å². The van der Waals surface area contributed by atoms with Gasteiger partial charge in [-0.2, -0.15) is 0 Å². The van der Waals surface area contributed by atoms with Gasteiger partial charge in [0.1, 0.15) is 0 Å². The van der Waals surface area contributed by atoms with Gasteiger partial charge in [-0.05, 0) is 30.1 Å². The fraction of sp³-hybridized carbons (Fsp3) is 0.867. The molecule has 0 radical (unpaired) electrons. The Hall–Kier alpha value is -1.10. The van der Waals surface area contributed by atoms with Crippen molar-refractivity contribution in [3.63, 3.8) is 0 Å². The normalized spacial score (nSPS) is 14.9. The Kier molecular flexibility index (Phi) is 7.79. The van der Waals surface area contributed by atoms with E-state index in [4.69, 9.17) is 10.8 Å². The maximum Gasteiger partial charge on any atom is 0.303 e. The second kappa shape index (κ2) is 8.25. The minimum absolute atomic E-state index is 0.0281. The molecule has 4 N–H and O–H groups in total. The first kappa shape index (κ1) is 18.9. The lowest BCUT2D eigenvalue weighted by molar-refractivity contribution is -0.137. The minimum atomic E-state index is -0.773. The highest BCUT2D eigenvalue weighted by molar-refractivity contribution is 5.81. The zero-order valence-electron chi connectivity index (χ0n) is 13.4. The maximum atomic E-state index is 11.8. The van der Waals surface area contributed by atoms with Gasteiger partial charge in [-0.3, -0.25) is 9.59 Å². The third-order valence-electron chi connectivity index (χ3n) is 3.74. The third-order valence-corrected chi connectivity index (χ3v) is 3.74. The summed E-state index contributed by atoms with van der Waals surface area (Å²) >= 11 is 0. The molecule has 0 saturated heterocycles. The van der Waals surface area contributed by atoms with Crippen LogP contribution in [-0.4, -0.2) is 29.6 Å². The van der Waals surface area contributed by atoms with Crippen molar-refractivity contribution in [1.82, 2.24) is 5.32 Å². The molecule has 118 valence electrons. The molecule has 0 rings (SSSR count). The summed E-state index contributed by atoms with van der Waals surface area (Å²) in [6.07, 6.45) is 1.57. The van der Waals surface area contributed by atoms with Gasteiger partial charge in [-0.1, -0.05) is 34.6 Å². The van der Waals surface area contributed by atoms with Crippen LogP contribution in [0.15, 0.2) is 0 Å². The zero-order valence-corrected chi connectivity index (χ0v) is 13.4. The van der Waals surface area contributed by atoms with Crippen LogP contribution in [0.5, 0.6) is 0 Å². The maximum absolute atomic E-state index is 11.8. The van der Waals surface area contributed by atoms with Gasteiger partial charge >= 0.3 is 5.97 Å². The van der Waals surface area contributed by atoms with E-state index >= 15 is 0 Å². The van der Waals surface area contributed by atoms with Crippen LogP contribution >= 0.6 is 0 Å². The van der Waals surface area contributed by atoms with Crippen LogP contribution in [0.4, 0.5) is 0 Å². The highest BCUT2D eigenvalue weighted by Crippen LogP contribution is 2.32. The minimum Gasteiger partial charge on any atom is -0.481 e. The topological polar surface area (TPSA) is 92.4 Å². The molecular formula is C15H30N2O3. The molecule has 5 nitrogen and oxygen atoms in total. The monoisotopic (exact) mass is 286 g/mol. The van der Waals surface area contributed by atoms with Crippen molar-refractivity contribution in [1.29, 1.82) is 0 Å². The molecule has 0 bridgehead atoms. The Bertz CT molecular complexity index is 322. The first-order valence-electron chi connectivity index (χ1n) is 7.30. The van der Waals surface area contributed by atoms with Gasteiger partial charge in [0.2, 0.25) is 5.91 Å². The van der Waals surface area contributed by atoms with E-state index in [9.17, 15) is 9.59 Å². The van der Waals surface area contributed by atoms with Gasteiger partial charge in [0.25, 0.3) is 0 Å². The SMILES string of the molecule is CC(C)[C@@H](N)C(=O)NCCC(CCC(=O)O)C(C)(C)C.